The molecule has 10 nitrogen and oxygen atoms in total. The number of hydrogen-bond donors (Lipinski definition) is 2. The Hall–Kier alpha value is -3.22. The van der Waals surface area contributed by atoms with Gasteiger partial charge in [-0.2, -0.15) is 0 Å². The summed E-state index contributed by atoms with van der Waals surface area (Å²) < 4.78 is 53.0. The fourth-order valence-electron chi connectivity index (χ4n) is 2.96. The maximum atomic E-state index is 12.6. The van der Waals surface area contributed by atoms with Crippen LogP contribution in [0.3, 0.4) is 0 Å². The van der Waals surface area contributed by atoms with Gasteiger partial charge < -0.3 is 5.32 Å². The summed E-state index contributed by atoms with van der Waals surface area (Å²) in [6, 6.07) is 11.7. The highest BCUT2D eigenvalue weighted by atomic mass is 35.5. The highest BCUT2D eigenvalue weighted by Gasteiger charge is 2.23. The van der Waals surface area contributed by atoms with Crippen LogP contribution in [0.15, 0.2) is 59.6 Å². The molecule has 2 aromatic carbocycles. The van der Waals surface area contributed by atoms with Gasteiger partial charge in [0.15, 0.2) is 0 Å². The molecule has 1 heterocycles. The Morgan fingerprint density at radius 2 is 1.71 bits per heavy atom. The summed E-state index contributed by atoms with van der Waals surface area (Å²) in [7, 11) is -7.74. The number of carbonyl (C=O) groups is 1. The van der Waals surface area contributed by atoms with Gasteiger partial charge in [-0.05, 0) is 61.9 Å². The SMILES string of the molecule is Cc1ccnc(NS(=O)(=O)c2ccc(NC(=O)CN(c3cc(Cl)ccc3C)S(C)(=O)=O)cc2)n1. The number of hydrogen-bond acceptors (Lipinski definition) is 7. The van der Waals surface area contributed by atoms with E-state index >= 15 is 0 Å². The van der Waals surface area contributed by atoms with Crippen molar-refractivity contribution in [1.82, 2.24) is 9.97 Å². The van der Waals surface area contributed by atoms with Crippen LogP contribution < -0.4 is 14.3 Å². The molecule has 0 unspecified atom stereocenters. The van der Waals surface area contributed by atoms with E-state index in [1.807, 2.05) is 0 Å². The molecule has 0 radical (unpaired) electrons. The zero-order valence-electron chi connectivity index (χ0n) is 18.5. The molecule has 34 heavy (non-hydrogen) atoms. The van der Waals surface area contributed by atoms with Crippen LogP contribution in [0, 0.1) is 13.8 Å². The third-order valence-corrected chi connectivity index (χ3v) is 7.30. The predicted octanol–water partition coefficient (Wildman–Crippen LogP) is 2.95. The van der Waals surface area contributed by atoms with E-state index in [0.717, 1.165) is 10.6 Å². The van der Waals surface area contributed by atoms with Crippen LogP contribution in [0.1, 0.15) is 11.3 Å². The topological polar surface area (TPSA) is 138 Å². The number of halogens is 1. The van der Waals surface area contributed by atoms with Gasteiger partial charge in [-0.3, -0.25) is 9.10 Å². The Morgan fingerprint density at radius 3 is 2.32 bits per heavy atom. The number of benzene rings is 2. The average molecular weight is 524 g/mol. The first-order chi connectivity index (χ1) is 15.8. The van der Waals surface area contributed by atoms with Crippen molar-refractivity contribution in [2.75, 3.05) is 27.1 Å². The van der Waals surface area contributed by atoms with Gasteiger partial charge in [0.2, 0.25) is 21.9 Å². The van der Waals surface area contributed by atoms with Crippen molar-refractivity contribution in [3.63, 3.8) is 0 Å². The molecular formula is C21H22ClN5O5S2. The molecule has 13 heteroatoms. The van der Waals surface area contributed by atoms with E-state index in [4.69, 9.17) is 11.6 Å². The van der Waals surface area contributed by atoms with Crippen molar-refractivity contribution >= 4 is 54.9 Å². The molecule has 0 saturated heterocycles. The van der Waals surface area contributed by atoms with E-state index in [2.05, 4.69) is 20.0 Å². The number of nitrogens with zero attached hydrogens (tertiary/aromatic N) is 3. The molecular weight excluding hydrogens is 502 g/mol. The van der Waals surface area contributed by atoms with Gasteiger partial charge in [-0.25, -0.2) is 31.5 Å². The molecule has 0 aliphatic heterocycles. The van der Waals surface area contributed by atoms with Crippen LogP contribution in [0.2, 0.25) is 5.02 Å². The molecule has 1 aromatic heterocycles. The zero-order chi connectivity index (χ0) is 25.1. The van der Waals surface area contributed by atoms with E-state index in [-0.39, 0.29) is 22.2 Å². The number of nitrogens with one attached hydrogen (secondary N) is 2. The highest BCUT2D eigenvalue weighted by molar-refractivity contribution is 7.92. The van der Waals surface area contributed by atoms with Crippen molar-refractivity contribution in [3.8, 4) is 0 Å². The van der Waals surface area contributed by atoms with Gasteiger partial charge in [0.05, 0.1) is 16.8 Å². The molecule has 3 aromatic rings. The van der Waals surface area contributed by atoms with Crippen molar-refractivity contribution < 1.29 is 21.6 Å². The van der Waals surface area contributed by atoms with Crippen LogP contribution >= 0.6 is 11.6 Å². The van der Waals surface area contributed by atoms with Gasteiger partial charge in [-0.15, -0.1) is 0 Å². The Balaban J connectivity index is 1.74. The summed E-state index contributed by atoms with van der Waals surface area (Å²) in [6.45, 7) is 2.92. The lowest BCUT2D eigenvalue weighted by molar-refractivity contribution is -0.114. The monoisotopic (exact) mass is 523 g/mol. The van der Waals surface area contributed by atoms with E-state index in [9.17, 15) is 21.6 Å². The minimum absolute atomic E-state index is 0.0606. The number of carbonyl (C=O) groups excluding carboxylic acids is 1. The summed E-state index contributed by atoms with van der Waals surface area (Å²) in [5, 5.41) is 2.90. The van der Waals surface area contributed by atoms with Crippen molar-refractivity contribution in [2.24, 2.45) is 0 Å². The molecule has 2 N–H and O–H groups in total. The first-order valence-electron chi connectivity index (χ1n) is 9.81. The largest absolute Gasteiger partial charge is 0.325 e. The summed E-state index contributed by atoms with van der Waals surface area (Å²) in [4.78, 5) is 20.4. The number of anilines is 3. The number of rotatable bonds is 8. The second-order valence-electron chi connectivity index (χ2n) is 7.40. The number of sulfonamides is 2. The second-order valence-corrected chi connectivity index (χ2v) is 11.4. The van der Waals surface area contributed by atoms with Crippen molar-refractivity contribution in [1.29, 1.82) is 0 Å². The molecule has 0 atom stereocenters. The normalized spacial score (nSPS) is 11.6. The van der Waals surface area contributed by atoms with Gasteiger partial charge in [0.1, 0.15) is 6.54 Å². The summed E-state index contributed by atoms with van der Waals surface area (Å²) >= 11 is 6.00. The lowest BCUT2D eigenvalue weighted by Crippen LogP contribution is -2.37. The average Bonchev–Trinajstić information content (AvgIpc) is 2.73. The molecule has 0 aliphatic rings. The number of aromatic nitrogens is 2. The second kappa shape index (κ2) is 9.95. The number of aryl methyl sites for hydroxylation is 2. The van der Waals surface area contributed by atoms with Crippen molar-refractivity contribution in [3.05, 3.63) is 71.0 Å². The first-order valence-corrected chi connectivity index (χ1v) is 13.5. The minimum Gasteiger partial charge on any atom is -0.325 e. The molecule has 0 bridgehead atoms. The molecule has 0 spiro atoms. The van der Waals surface area contributed by atoms with Gasteiger partial charge in [0.25, 0.3) is 10.0 Å². The first kappa shape index (κ1) is 25.4. The van der Waals surface area contributed by atoms with Crippen LogP contribution in [0.25, 0.3) is 0 Å². The van der Waals surface area contributed by atoms with E-state index < -0.39 is 32.5 Å². The molecule has 180 valence electrons. The standard InChI is InChI=1S/C21H22ClN5O5S2/c1-14-4-5-16(22)12-19(14)27(33(3,29)30)13-20(28)25-17-6-8-18(9-7-17)34(31,32)26-21-23-11-10-15(2)24-21/h4-12H,13H2,1-3H3,(H,25,28)(H,23,24,26). The van der Waals surface area contributed by atoms with E-state index in [1.54, 1.807) is 32.0 Å². The Morgan fingerprint density at radius 1 is 1.03 bits per heavy atom. The van der Waals surface area contributed by atoms with Gasteiger partial charge in [-0.1, -0.05) is 17.7 Å². The Labute approximate surface area is 203 Å². The lowest BCUT2D eigenvalue weighted by atomic mass is 10.2. The van der Waals surface area contributed by atoms with Crippen LogP contribution in [-0.2, 0) is 24.8 Å². The maximum absolute atomic E-state index is 12.6. The predicted molar refractivity (Wildman–Crippen MR) is 131 cm³/mol. The molecule has 0 saturated carbocycles. The Bertz CT molecular complexity index is 1430. The fraction of sp³-hybridized carbons (Fsp3) is 0.190. The minimum atomic E-state index is -3.95. The Kier molecular flexibility index (Phi) is 7.44. The summed E-state index contributed by atoms with van der Waals surface area (Å²) in [5.74, 6) is -0.679. The van der Waals surface area contributed by atoms with E-state index in [1.165, 1.54) is 36.5 Å². The third kappa shape index (κ3) is 6.43. The van der Waals surface area contributed by atoms with Gasteiger partial charge in [0, 0.05) is 22.6 Å². The molecule has 1 amide bonds. The highest BCUT2D eigenvalue weighted by Crippen LogP contribution is 2.26. The lowest BCUT2D eigenvalue weighted by Gasteiger charge is -2.23. The molecule has 3 rings (SSSR count). The van der Waals surface area contributed by atoms with Crippen LogP contribution in [0.4, 0.5) is 17.3 Å². The van der Waals surface area contributed by atoms with Crippen LogP contribution in [0.5, 0.6) is 0 Å². The summed E-state index contributed by atoms with van der Waals surface area (Å²) in [6.07, 6.45) is 2.43. The number of amides is 1. The van der Waals surface area contributed by atoms with E-state index in [0.29, 0.717) is 16.3 Å². The summed E-state index contributed by atoms with van der Waals surface area (Å²) in [5.41, 5.74) is 1.80. The van der Waals surface area contributed by atoms with Crippen LogP contribution in [-0.4, -0.2) is 45.5 Å². The third-order valence-electron chi connectivity index (χ3n) is 4.60. The molecule has 0 fully saturated rings. The smallest absolute Gasteiger partial charge is 0.264 e. The van der Waals surface area contributed by atoms with Crippen molar-refractivity contribution in [2.45, 2.75) is 18.7 Å². The quantitative estimate of drug-likeness (QED) is 0.462. The maximum Gasteiger partial charge on any atom is 0.264 e. The molecule has 0 aliphatic carbocycles. The zero-order valence-corrected chi connectivity index (χ0v) is 20.9. The fourth-order valence-corrected chi connectivity index (χ4v) is 4.98. The van der Waals surface area contributed by atoms with Gasteiger partial charge >= 0.3 is 0 Å².